The van der Waals surface area contributed by atoms with E-state index < -0.39 is 0 Å². The van der Waals surface area contributed by atoms with Crippen LogP contribution in [-0.2, 0) is 10.3 Å². The molecule has 0 aliphatic heterocycles. The minimum atomic E-state index is 0.0328. The van der Waals surface area contributed by atoms with E-state index in [9.17, 15) is 0 Å². The molecule has 0 aromatic carbocycles. The van der Waals surface area contributed by atoms with E-state index in [1.54, 1.807) is 0 Å². The van der Waals surface area contributed by atoms with Crippen molar-refractivity contribution in [2.75, 3.05) is 6.61 Å². The fourth-order valence-corrected chi connectivity index (χ4v) is 1.80. The summed E-state index contributed by atoms with van der Waals surface area (Å²) in [6, 6.07) is 5.86. The van der Waals surface area contributed by atoms with E-state index in [2.05, 4.69) is 4.98 Å². The number of pyridine rings is 1. The van der Waals surface area contributed by atoms with Crippen molar-refractivity contribution in [2.45, 2.75) is 38.2 Å². The van der Waals surface area contributed by atoms with Gasteiger partial charge in [0, 0.05) is 11.5 Å². The van der Waals surface area contributed by atoms with Gasteiger partial charge >= 0.3 is 0 Å². The Morgan fingerprint density at radius 2 is 2.19 bits per heavy atom. The predicted molar refractivity (Wildman–Crippen MR) is 61.1 cm³/mol. The first-order chi connectivity index (χ1) is 7.66. The molecule has 1 heterocycles. The molecule has 1 aliphatic carbocycles. The van der Waals surface area contributed by atoms with Crippen LogP contribution in [0.2, 0.25) is 0 Å². The number of ether oxygens (including phenoxy) is 1. The Bertz CT molecular complexity index is 362. The summed E-state index contributed by atoms with van der Waals surface area (Å²) in [6.07, 6.45) is 2.31. The zero-order valence-electron chi connectivity index (χ0n) is 9.77. The summed E-state index contributed by atoms with van der Waals surface area (Å²) in [5.41, 5.74) is 1.06. The molecule has 4 heteroatoms. The van der Waals surface area contributed by atoms with Crippen molar-refractivity contribution >= 4 is 0 Å². The van der Waals surface area contributed by atoms with Gasteiger partial charge in [-0.25, -0.2) is 10.9 Å². The zero-order chi connectivity index (χ0) is 11.6. The molecule has 0 bridgehead atoms. The van der Waals surface area contributed by atoms with Gasteiger partial charge in [0.2, 0.25) is 5.88 Å². The second-order valence-electron chi connectivity index (χ2n) is 4.62. The third kappa shape index (κ3) is 2.33. The molecule has 4 nitrogen and oxygen atoms in total. The van der Waals surface area contributed by atoms with Crippen LogP contribution in [-0.4, -0.2) is 17.7 Å². The molecular weight excluding hydrogens is 204 g/mol. The lowest BCUT2D eigenvalue weighted by Crippen LogP contribution is -2.20. The molecule has 1 aromatic heterocycles. The minimum Gasteiger partial charge on any atom is -0.475 e. The van der Waals surface area contributed by atoms with Crippen molar-refractivity contribution in [3.8, 4) is 5.88 Å². The first-order valence-corrected chi connectivity index (χ1v) is 5.62. The molecule has 2 rings (SSSR count). The molecule has 0 atom stereocenters. The van der Waals surface area contributed by atoms with E-state index in [1.807, 2.05) is 32.0 Å². The van der Waals surface area contributed by atoms with Crippen LogP contribution >= 0.6 is 0 Å². The Kier molecular flexibility index (Phi) is 3.12. The van der Waals surface area contributed by atoms with E-state index in [0.29, 0.717) is 12.5 Å². The van der Waals surface area contributed by atoms with Crippen molar-refractivity contribution in [1.29, 1.82) is 0 Å². The van der Waals surface area contributed by atoms with Crippen molar-refractivity contribution in [1.82, 2.24) is 4.98 Å². The molecule has 1 fully saturated rings. The second kappa shape index (κ2) is 4.39. The molecule has 0 spiro atoms. The first-order valence-electron chi connectivity index (χ1n) is 5.62. The van der Waals surface area contributed by atoms with Crippen molar-refractivity contribution in [2.24, 2.45) is 5.90 Å². The van der Waals surface area contributed by atoms with Gasteiger partial charge in [-0.1, -0.05) is 6.07 Å². The van der Waals surface area contributed by atoms with Gasteiger partial charge in [0.25, 0.3) is 0 Å². The number of nitrogens with two attached hydrogens (primary N) is 1. The van der Waals surface area contributed by atoms with Crippen LogP contribution in [0.1, 0.15) is 32.4 Å². The Hall–Kier alpha value is -1.13. The molecule has 1 aromatic rings. The van der Waals surface area contributed by atoms with Gasteiger partial charge in [0.15, 0.2) is 0 Å². The van der Waals surface area contributed by atoms with E-state index in [1.165, 1.54) is 0 Å². The SMILES string of the molecule is CC(C)Oc1cccc(C2(CON)CC2)n1. The van der Waals surface area contributed by atoms with Gasteiger partial charge in [0.1, 0.15) is 0 Å². The van der Waals surface area contributed by atoms with Gasteiger partial charge in [0.05, 0.1) is 18.4 Å². The molecule has 0 radical (unpaired) electrons. The van der Waals surface area contributed by atoms with E-state index in [0.717, 1.165) is 18.5 Å². The van der Waals surface area contributed by atoms with Gasteiger partial charge in [-0.3, -0.25) is 0 Å². The first kappa shape index (κ1) is 11.4. The summed E-state index contributed by atoms with van der Waals surface area (Å²) in [6.45, 7) is 4.51. The monoisotopic (exact) mass is 222 g/mol. The smallest absolute Gasteiger partial charge is 0.213 e. The van der Waals surface area contributed by atoms with Crippen LogP contribution in [0, 0.1) is 0 Å². The van der Waals surface area contributed by atoms with Gasteiger partial charge in [-0.05, 0) is 32.8 Å². The zero-order valence-corrected chi connectivity index (χ0v) is 9.77. The molecule has 88 valence electrons. The van der Waals surface area contributed by atoms with E-state index in [4.69, 9.17) is 15.5 Å². The number of hydrogen-bond acceptors (Lipinski definition) is 4. The number of hydrogen-bond donors (Lipinski definition) is 1. The minimum absolute atomic E-state index is 0.0328. The molecule has 1 saturated carbocycles. The molecule has 16 heavy (non-hydrogen) atoms. The lowest BCUT2D eigenvalue weighted by Gasteiger charge is -2.15. The average Bonchev–Trinajstić information content (AvgIpc) is 2.99. The molecule has 0 saturated heterocycles. The lowest BCUT2D eigenvalue weighted by molar-refractivity contribution is 0.114. The standard InChI is InChI=1S/C12H18N2O2/c1-9(2)16-11-5-3-4-10(14-11)12(6-7-12)8-15-13/h3-5,9H,6-8,13H2,1-2H3. The van der Waals surface area contributed by atoms with Crippen LogP contribution in [0.15, 0.2) is 18.2 Å². The molecular formula is C12H18N2O2. The predicted octanol–water partition coefficient (Wildman–Crippen LogP) is 1.79. The summed E-state index contributed by atoms with van der Waals surface area (Å²) < 4.78 is 5.57. The Morgan fingerprint density at radius 3 is 2.75 bits per heavy atom. The molecule has 2 N–H and O–H groups in total. The second-order valence-corrected chi connectivity index (χ2v) is 4.62. The van der Waals surface area contributed by atoms with Crippen molar-refractivity contribution in [3.05, 3.63) is 23.9 Å². The van der Waals surface area contributed by atoms with E-state index >= 15 is 0 Å². The van der Waals surface area contributed by atoms with Gasteiger partial charge in [-0.15, -0.1) is 0 Å². The van der Waals surface area contributed by atoms with Crippen LogP contribution in [0.5, 0.6) is 5.88 Å². The van der Waals surface area contributed by atoms with Crippen molar-refractivity contribution in [3.63, 3.8) is 0 Å². The van der Waals surface area contributed by atoms with Crippen LogP contribution in [0.3, 0.4) is 0 Å². The molecule has 1 aliphatic rings. The lowest BCUT2D eigenvalue weighted by atomic mass is 10.0. The van der Waals surface area contributed by atoms with Crippen molar-refractivity contribution < 1.29 is 9.57 Å². The highest BCUT2D eigenvalue weighted by Crippen LogP contribution is 2.47. The maximum absolute atomic E-state index is 5.57. The van der Waals surface area contributed by atoms with Crippen LogP contribution in [0.25, 0.3) is 0 Å². The third-order valence-electron chi connectivity index (χ3n) is 2.84. The molecule has 0 amide bonds. The summed E-state index contributed by atoms with van der Waals surface area (Å²) >= 11 is 0. The van der Waals surface area contributed by atoms with Crippen LogP contribution < -0.4 is 10.6 Å². The van der Waals surface area contributed by atoms with Gasteiger partial charge in [-0.2, -0.15) is 0 Å². The number of rotatable bonds is 5. The quantitative estimate of drug-likeness (QED) is 0.772. The summed E-state index contributed by atoms with van der Waals surface area (Å²) in [5.74, 6) is 5.83. The fourth-order valence-electron chi connectivity index (χ4n) is 1.80. The maximum Gasteiger partial charge on any atom is 0.213 e. The highest BCUT2D eigenvalue weighted by Gasteiger charge is 2.46. The highest BCUT2D eigenvalue weighted by molar-refractivity contribution is 5.28. The fraction of sp³-hybridized carbons (Fsp3) is 0.583. The number of aromatic nitrogens is 1. The summed E-state index contributed by atoms with van der Waals surface area (Å²) in [5, 5.41) is 0. The van der Waals surface area contributed by atoms with Crippen LogP contribution in [0.4, 0.5) is 0 Å². The maximum atomic E-state index is 5.57. The Labute approximate surface area is 95.7 Å². The highest BCUT2D eigenvalue weighted by atomic mass is 16.6. The largest absolute Gasteiger partial charge is 0.475 e. The normalized spacial score (nSPS) is 17.5. The summed E-state index contributed by atoms with van der Waals surface area (Å²) in [7, 11) is 0. The average molecular weight is 222 g/mol. The number of nitrogens with zero attached hydrogens (tertiary/aromatic N) is 1. The topological polar surface area (TPSA) is 57.4 Å². The molecule has 0 unspecified atom stereocenters. The Balaban J connectivity index is 2.16. The third-order valence-corrected chi connectivity index (χ3v) is 2.84. The summed E-state index contributed by atoms with van der Waals surface area (Å²) in [4.78, 5) is 9.27. The van der Waals surface area contributed by atoms with E-state index in [-0.39, 0.29) is 11.5 Å². The van der Waals surface area contributed by atoms with Gasteiger partial charge < -0.3 is 9.57 Å². The Morgan fingerprint density at radius 1 is 1.44 bits per heavy atom.